The molecular formula is C28H31N3O3. The minimum atomic E-state index is -0.683. The zero-order valence-corrected chi connectivity index (χ0v) is 20.2. The topological polar surface area (TPSA) is 69.7 Å². The summed E-state index contributed by atoms with van der Waals surface area (Å²) < 4.78 is 0. The smallest absolute Gasteiger partial charge is 0.259 e. The molecule has 0 bridgehead atoms. The molecule has 1 aliphatic rings. The fourth-order valence-electron chi connectivity index (χ4n) is 4.42. The van der Waals surface area contributed by atoms with Gasteiger partial charge in [0.15, 0.2) is 0 Å². The maximum Gasteiger partial charge on any atom is 0.259 e. The molecule has 0 fully saturated rings. The quantitative estimate of drug-likeness (QED) is 0.544. The van der Waals surface area contributed by atoms with Gasteiger partial charge < -0.3 is 10.2 Å². The van der Waals surface area contributed by atoms with Crippen LogP contribution in [0.5, 0.6) is 0 Å². The van der Waals surface area contributed by atoms with Gasteiger partial charge >= 0.3 is 0 Å². The molecule has 6 heteroatoms. The highest BCUT2D eigenvalue weighted by Crippen LogP contribution is 2.37. The van der Waals surface area contributed by atoms with Crippen LogP contribution in [0.3, 0.4) is 0 Å². The van der Waals surface area contributed by atoms with E-state index in [9.17, 15) is 14.4 Å². The molecule has 1 heterocycles. The maximum atomic E-state index is 13.7. The molecule has 0 unspecified atom stereocenters. The Balaban J connectivity index is 1.62. The van der Waals surface area contributed by atoms with E-state index in [2.05, 4.69) is 5.32 Å². The highest BCUT2D eigenvalue weighted by molar-refractivity contribution is 6.26. The first-order valence-electron chi connectivity index (χ1n) is 11.8. The number of anilines is 1. The molecule has 0 saturated carbocycles. The Morgan fingerprint density at radius 2 is 1.74 bits per heavy atom. The summed E-state index contributed by atoms with van der Waals surface area (Å²) in [6.45, 7) is 7.84. The molecule has 0 spiro atoms. The van der Waals surface area contributed by atoms with E-state index in [1.807, 2.05) is 75.4 Å². The first-order chi connectivity index (χ1) is 16.3. The second-order valence-electron chi connectivity index (χ2n) is 9.08. The molecule has 3 aromatic carbocycles. The Hall–Kier alpha value is -3.67. The Kier molecular flexibility index (Phi) is 6.68. The Morgan fingerprint density at radius 3 is 2.44 bits per heavy atom. The monoisotopic (exact) mass is 457 g/mol. The molecule has 1 N–H and O–H groups in total. The van der Waals surface area contributed by atoms with E-state index in [0.717, 1.165) is 34.0 Å². The van der Waals surface area contributed by atoms with Crippen LogP contribution in [0.4, 0.5) is 5.69 Å². The van der Waals surface area contributed by atoms with Crippen LogP contribution in [-0.4, -0.2) is 41.2 Å². The Bertz CT molecular complexity index is 1250. The summed E-state index contributed by atoms with van der Waals surface area (Å²) in [6.07, 6.45) is 0.800. The second-order valence-corrected chi connectivity index (χ2v) is 9.08. The highest BCUT2D eigenvalue weighted by Gasteiger charge is 2.34. The van der Waals surface area contributed by atoms with Crippen LogP contribution in [-0.2, 0) is 16.1 Å². The first kappa shape index (κ1) is 23.5. The van der Waals surface area contributed by atoms with Gasteiger partial charge in [-0.2, -0.15) is 0 Å². The number of aryl methyl sites for hydroxylation is 1. The van der Waals surface area contributed by atoms with Crippen LogP contribution in [0, 0.1) is 6.92 Å². The van der Waals surface area contributed by atoms with Crippen molar-refractivity contribution in [2.45, 2.75) is 52.7 Å². The van der Waals surface area contributed by atoms with Gasteiger partial charge in [-0.05, 0) is 50.3 Å². The highest BCUT2D eigenvalue weighted by atomic mass is 16.2. The van der Waals surface area contributed by atoms with Gasteiger partial charge in [0.25, 0.3) is 5.91 Å². The minimum absolute atomic E-state index is 0.0122. The van der Waals surface area contributed by atoms with Crippen LogP contribution < -0.4 is 10.2 Å². The molecule has 176 valence electrons. The van der Waals surface area contributed by atoms with Crippen LogP contribution in [0.1, 0.15) is 48.7 Å². The van der Waals surface area contributed by atoms with Gasteiger partial charge in [0, 0.05) is 23.5 Å². The van der Waals surface area contributed by atoms with Crippen molar-refractivity contribution in [2.24, 2.45) is 0 Å². The summed E-state index contributed by atoms with van der Waals surface area (Å²) in [6, 6.07) is 18.6. The van der Waals surface area contributed by atoms with Crippen molar-refractivity contribution in [3.05, 3.63) is 77.4 Å². The molecule has 2 atom stereocenters. The molecular weight excluding hydrogens is 426 g/mol. The van der Waals surface area contributed by atoms with Gasteiger partial charge in [-0.1, -0.05) is 61.0 Å². The average molecular weight is 458 g/mol. The van der Waals surface area contributed by atoms with Crippen molar-refractivity contribution in [1.29, 1.82) is 0 Å². The number of benzene rings is 3. The number of hydrogen-bond donors (Lipinski definition) is 1. The third kappa shape index (κ3) is 4.53. The lowest BCUT2D eigenvalue weighted by Crippen LogP contribution is -2.52. The standard InChI is InChI=1S/C28H31N3O3/c1-5-19(3)29-27(33)20(4)30(16-21-10-6-9-18(2)15-21)25(32)17-31-24-14-8-12-22-11-7-13-23(26(22)24)28(31)34/h6-15,19-20H,5,16-17H2,1-4H3,(H,29,33)/t19-,20-/m1/s1. The third-order valence-corrected chi connectivity index (χ3v) is 6.55. The van der Waals surface area contributed by atoms with E-state index in [1.165, 1.54) is 4.90 Å². The molecule has 0 aliphatic carbocycles. The second kappa shape index (κ2) is 9.67. The molecule has 3 aromatic rings. The molecule has 0 aromatic heterocycles. The van der Waals surface area contributed by atoms with E-state index >= 15 is 0 Å². The molecule has 34 heavy (non-hydrogen) atoms. The predicted molar refractivity (Wildman–Crippen MR) is 135 cm³/mol. The lowest BCUT2D eigenvalue weighted by Gasteiger charge is -2.31. The van der Waals surface area contributed by atoms with Crippen molar-refractivity contribution in [3.8, 4) is 0 Å². The van der Waals surface area contributed by atoms with Crippen molar-refractivity contribution in [3.63, 3.8) is 0 Å². The number of nitrogens with one attached hydrogen (secondary N) is 1. The van der Waals surface area contributed by atoms with Gasteiger partial charge in [-0.25, -0.2) is 0 Å². The van der Waals surface area contributed by atoms with Crippen LogP contribution in [0.15, 0.2) is 60.7 Å². The van der Waals surface area contributed by atoms with E-state index < -0.39 is 6.04 Å². The largest absolute Gasteiger partial charge is 0.352 e. The van der Waals surface area contributed by atoms with Crippen LogP contribution >= 0.6 is 0 Å². The zero-order valence-electron chi connectivity index (χ0n) is 20.2. The van der Waals surface area contributed by atoms with Gasteiger partial charge in [-0.15, -0.1) is 0 Å². The molecule has 1 aliphatic heterocycles. The number of rotatable bonds is 8. The van der Waals surface area contributed by atoms with Crippen molar-refractivity contribution in [1.82, 2.24) is 10.2 Å². The predicted octanol–water partition coefficient (Wildman–Crippen LogP) is 4.44. The number of hydrogen-bond acceptors (Lipinski definition) is 3. The first-order valence-corrected chi connectivity index (χ1v) is 11.8. The van der Waals surface area contributed by atoms with Gasteiger partial charge in [0.05, 0.1) is 5.69 Å². The van der Waals surface area contributed by atoms with Crippen molar-refractivity contribution >= 4 is 34.2 Å². The number of nitrogens with zero attached hydrogens (tertiary/aromatic N) is 2. The fourth-order valence-corrected chi connectivity index (χ4v) is 4.42. The fraction of sp³-hybridized carbons (Fsp3) is 0.321. The summed E-state index contributed by atoms with van der Waals surface area (Å²) in [7, 11) is 0. The lowest BCUT2D eigenvalue weighted by molar-refractivity contribution is -0.139. The third-order valence-electron chi connectivity index (χ3n) is 6.55. The van der Waals surface area contributed by atoms with Gasteiger partial charge in [-0.3, -0.25) is 19.3 Å². The SMILES string of the molecule is CC[C@@H](C)NC(=O)[C@@H](C)N(Cc1cccc(C)c1)C(=O)CN1C(=O)c2cccc3cccc1c23. The lowest BCUT2D eigenvalue weighted by atomic mass is 10.1. The number of carbonyl (C=O) groups is 3. The summed E-state index contributed by atoms with van der Waals surface area (Å²) in [4.78, 5) is 42.9. The minimum Gasteiger partial charge on any atom is -0.352 e. The molecule has 3 amide bonds. The number of carbonyl (C=O) groups excluding carboxylic acids is 3. The number of amides is 3. The average Bonchev–Trinajstić information content (AvgIpc) is 3.10. The summed E-state index contributed by atoms with van der Waals surface area (Å²) in [5.74, 6) is -0.660. The Labute approximate surface area is 200 Å². The van der Waals surface area contributed by atoms with E-state index in [0.29, 0.717) is 5.56 Å². The molecule has 4 rings (SSSR count). The maximum absolute atomic E-state index is 13.7. The van der Waals surface area contributed by atoms with E-state index in [4.69, 9.17) is 0 Å². The Morgan fingerprint density at radius 1 is 1.03 bits per heavy atom. The van der Waals surface area contributed by atoms with Crippen molar-refractivity contribution in [2.75, 3.05) is 11.4 Å². The zero-order chi connectivity index (χ0) is 24.4. The van der Waals surface area contributed by atoms with Gasteiger partial charge in [0.1, 0.15) is 12.6 Å². The van der Waals surface area contributed by atoms with E-state index in [1.54, 1.807) is 17.9 Å². The summed E-state index contributed by atoms with van der Waals surface area (Å²) in [5, 5.41) is 4.82. The normalized spacial score (nSPS) is 14.2. The van der Waals surface area contributed by atoms with Crippen LogP contribution in [0.25, 0.3) is 10.8 Å². The van der Waals surface area contributed by atoms with Crippen molar-refractivity contribution < 1.29 is 14.4 Å². The van der Waals surface area contributed by atoms with E-state index in [-0.39, 0.29) is 36.9 Å². The summed E-state index contributed by atoms with van der Waals surface area (Å²) >= 11 is 0. The summed E-state index contributed by atoms with van der Waals surface area (Å²) in [5.41, 5.74) is 3.36. The molecule has 0 radical (unpaired) electrons. The molecule has 0 saturated heterocycles. The van der Waals surface area contributed by atoms with Gasteiger partial charge in [0.2, 0.25) is 11.8 Å². The molecule has 6 nitrogen and oxygen atoms in total. The van der Waals surface area contributed by atoms with Crippen LogP contribution in [0.2, 0.25) is 0 Å².